The van der Waals surface area contributed by atoms with E-state index in [4.69, 9.17) is 10.5 Å². The summed E-state index contributed by atoms with van der Waals surface area (Å²) >= 11 is 0. The average Bonchev–Trinajstić information content (AvgIpc) is 2.49. The second-order valence-corrected chi connectivity index (χ2v) is 5.74. The Morgan fingerprint density at radius 3 is 2.35 bits per heavy atom. The van der Waals surface area contributed by atoms with Crippen molar-refractivity contribution < 1.29 is 4.74 Å². The van der Waals surface area contributed by atoms with Gasteiger partial charge in [0.25, 0.3) is 0 Å². The summed E-state index contributed by atoms with van der Waals surface area (Å²) in [6.45, 7) is 7.60. The van der Waals surface area contributed by atoms with Gasteiger partial charge in [-0.05, 0) is 26.2 Å². The van der Waals surface area contributed by atoms with Crippen molar-refractivity contribution in [2.45, 2.75) is 0 Å². The second kappa shape index (κ2) is 11.8. The zero-order chi connectivity index (χ0) is 15.1. The fourth-order valence-electron chi connectivity index (χ4n) is 2.57. The number of likely N-dealkylation sites (N-methyl/N-ethyl adjacent to an activating group) is 1. The van der Waals surface area contributed by atoms with Crippen molar-refractivity contribution in [1.29, 1.82) is 0 Å². The molecule has 0 unspecified atom stereocenters. The van der Waals surface area contributed by atoms with Crippen LogP contribution in [0.3, 0.4) is 0 Å². The lowest BCUT2D eigenvalue weighted by atomic mass is 10.2. The zero-order valence-electron chi connectivity index (χ0n) is 14.1. The fourth-order valence-corrected chi connectivity index (χ4v) is 2.57. The van der Waals surface area contributed by atoms with Crippen LogP contribution in [0.25, 0.3) is 0 Å². The van der Waals surface area contributed by atoms with Gasteiger partial charge in [0.2, 0.25) is 0 Å². The van der Waals surface area contributed by atoms with Crippen LogP contribution in [0.1, 0.15) is 0 Å². The van der Waals surface area contributed by atoms with Gasteiger partial charge in [-0.25, -0.2) is 0 Å². The molecule has 7 heteroatoms. The maximum Gasteiger partial charge on any atom is 0.142 e. The quantitative estimate of drug-likeness (QED) is 0.795. The van der Waals surface area contributed by atoms with Crippen LogP contribution in [-0.2, 0) is 0 Å². The van der Waals surface area contributed by atoms with E-state index in [1.165, 1.54) is 5.69 Å². The van der Waals surface area contributed by atoms with Crippen LogP contribution in [0.15, 0.2) is 24.3 Å². The zero-order valence-corrected chi connectivity index (χ0v) is 15.7. The molecule has 0 bridgehead atoms. The molecule has 0 amide bonds. The minimum Gasteiger partial charge on any atom is -0.490 e. The molecule has 0 atom stereocenters. The molecule has 134 valence electrons. The molecular formula is C16H30Cl2N4O. The molecule has 1 aromatic rings. The third kappa shape index (κ3) is 7.14. The van der Waals surface area contributed by atoms with Crippen LogP contribution in [0, 0.1) is 0 Å². The van der Waals surface area contributed by atoms with E-state index in [-0.39, 0.29) is 24.8 Å². The number of hydrogen-bond acceptors (Lipinski definition) is 5. The summed E-state index contributed by atoms with van der Waals surface area (Å²) in [6, 6.07) is 8.35. The number of piperazine rings is 1. The molecule has 0 spiro atoms. The molecule has 1 aromatic carbocycles. The van der Waals surface area contributed by atoms with Gasteiger partial charge in [0.05, 0.1) is 5.69 Å². The van der Waals surface area contributed by atoms with Crippen LogP contribution >= 0.6 is 24.8 Å². The summed E-state index contributed by atoms with van der Waals surface area (Å²) in [5.41, 5.74) is 6.84. The summed E-state index contributed by atoms with van der Waals surface area (Å²) in [6.07, 6.45) is 0. The van der Waals surface area contributed by atoms with Crippen molar-refractivity contribution in [1.82, 2.24) is 9.80 Å². The number of benzene rings is 1. The summed E-state index contributed by atoms with van der Waals surface area (Å²) in [7, 11) is 4.12. The number of nitrogens with two attached hydrogens (primary N) is 1. The molecule has 1 aliphatic rings. The Labute approximate surface area is 152 Å². The molecule has 2 rings (SSSR count). The lowest BCUT2D eigenvalue weighted by Gasteiger charge is -2.36. The van der Waals surface area contributed by atoms with Gasteiger partial charge >= 0.3 is 0 Å². The molecule has 0 radical (unpaired) electrons. The molecule has 1 heterocycles. The Morgan fingerprint density at radius 1 is 1.09 bits per heavy atom. The normalized spacial score (nSPS) is 15.0. The van der Waals surface area contributed by atoms with Gasteiger partial charge in [0.1, 0.15) is 12.4 Å². The molecule has 1 fully saturated rings. The highest BCUT2D eigenvalue weighted by Crippen LogP contribution is 2.28. The summed E-state index contributed by atoms with van der Waals surface area (Å²) < 4.78 is 5.96. The molecule has 0 aliphatic carbocycles. The Hall–Kier alpha value is -0.720. The highest BCUT2D eigenvalue weighted by atomic mass is 35.5. The van der Waals surface area contributed by atoms with Crippen molar-refractivity contribution in [2.75, 3.05) is 71.4 Å². The summed E-state index contributed by atoms with van der Waals surface area (Å²) in [5.74, 6) is 0.992. The van der Waals surface area contributed by atoms with Gasteiger partial charge in [-0.1, -0.05) is 12.1 Å². The van der Waals surface area contributed by atoms with E-state index in [1.54, 1.807) is 0 Å². The molecule has 2 N–H and O–H groups in total. The van der Waals surface area contributed by atoms with Gasteiger partial charge in [-0.3, -0.25) is 4.90 Å². The van der Waals surface area contributed by atoms with E-state index < -0.39 is 0 Å². The van der Waals surface area contributed by atoms with Crippen LogP contribution < -0.4 is 15.4 Å². The lowest BCUT2D eigenvalue weighted by Crippen LogP contribution is -2.47. The van der Waals surface area contributed by atoms with Gasteiger partial charge in [-0.2, -0.15) is 0 Å². The lowest BCUT2D eigenvalue weighted by molar-refractivity contribution is 0.254. The van der Waals surface area contributed by atoms with Crippen molar-refractivity contribution in [3.05, 3.63) is 24.3 Å². The number of ether oxygens (including phenoxy) is 1. The number of nitrogens with zero attached hydrogens (tertiary/aromatic N) is 3. The molecule has 1 saturated heterocycles. The average molecular weight is 365 g/mol. The minimum atomic E-state index is 0. The first-order valence-electron chi connectivity index (χ1n) is 7.74. The van der Waals surface area contributed by atoms with Gasteiger partial charge in [-0.15, -0.1) is 24.8 Å². The van der Waals surface area contributed by atoms with E-state index in [9.17, 15) is 0 Å². The van der Waals surface area contributed by atoms with Crippen LogP contribution in [-0.4, -0.2) is 76.3 Å². The van der Waals surface area contributed by atoms with E-state index in [1.807, 2.05) is 6.07 Å². The third-order valence-corrected chi connectivity index (χ3v) is 3.82. The van der Waals surface area contributed by atoms with E-state index in [2.05, 4.69) is 47.0 Å². The van der Waals surface area contributed by atoms with Crippen molar-refractivity contribution in [2.24, 2.45) is 5.73 Å². The van der Waals surface area contributed by atoms with Crippen molar-refractivity contribution >= 4 is 30.5 Å². The van der Waals surface area contributed by atoms with Crippen molar-refractivity contribution in [3.63, 3.8) is 0 Å². The third-order valence-electron chi connectivity index (χ3n) is 3.82. The van der Waals surface area contributed by atoms with E-state index in [0.29, 0.717) is 0 Å². The largest absolute Gasteiger partial charge is 0.490 e. The van der Waals surface area contributed by atoms with Crippen LogP contribution in [0.2, 0.25) is 0 Å². The standard InChI is InChI=1S/C16H28N4O.2ClH/c1-18(2)13-14-21-16-6-4-3-5-15(16)20-11-9-19(8-7-17)10-12-20;;/h3-6H,7-14,17H2,1-2H3;2*1H. The van der Waals surface area contributed by atoms with Crippen LogP contribution in [0.4, 0.5) is 5.69 Å². The number of anilines is 1. The first kappa shape index (κ1) is 22.3. The molecule has 23 heavy (non-hydrogen) atoms. The number of hydrogen-bond donors (Lipinski definition) is 1. The smallest absolute Gasteiger partial charge is 0.142 e. The topological polar surface area (TPSA) is 45.0 Å². The molecular weight excluding hydrogens is 335 g/mol. The van der Waals surface area contributed by atoms with Gasteiger partial charge in [0, 0.05) is 45.8 Å². The van der Waals surface area contributed by atoms with Crippen LogP contribution in [0.5, 0.6) is 5.75 Å². The SMILES string of the molecule is CN(C)CCOc1ccccc1N1CCN(CCN)CC1.Cl.Cl. The van der Waals surface area contributed by atoms with Gasteiger partial charge in [0.15, 0.2) is 0 Å². The molecule has 1 aliphatic heterocycles. The number of rotatable bonds is 7. The first-order chi connectivity index (χ1) is 10.2. The van der Waals surface area contributed by atoms with Gasteiger partial charge < -0.3 is 20.3 Å². The highest BCUT2D eigenvalue weighted by Gasteiger charge is 2.18. The highest BCUT2D eigenvalue weighted by molar-refractivity contribution is 5.85. The van der Waals surface area contributed by atoms with E-state index in [0.717, 1.165) is 58.2 Å². The molecule has 0 aromatic heterocycles. The minimum absolute atomic E-state index is 0. The number of para-hydroxylation sites is 2. The number of halogens is 2. The predicted octanol–water partition coefficient (Wildman–Crippen LogP) is 1.55. The molecule has 5 nitrogen and oxygen atoms in total. The summed E-state index contributed by atoms with van der Waals surface area (Å²) in [4.78, 5) is 6.97. The molecule has 0 saturated carbocycles. The predicted molar refractivity (Wildman–Crippen MR) is 103 cm³/mol. The van der Waals surface area contributed by atoms with Crippen molar-refractivity contribution in [3.8, 4) is 5.75 Å². The monoisotopic (exact) mass is 364 g/mol. The maximum atomic E-state index is 5.96. The fraction of sp³-hybridized carbons (Fsp3) is 0.625. The Bertz CT molecular complexity index is 426. The Kier molecular flexibility index (Phi) is 11.4. The Balaban J connectivity index is 0.00000242. The Morgan fingerprint density at radius 2 is 1.74 bits per heavy atom. The second-order valence-electron chi connectivity index (χ2n) is 5.74. The summed E-state index contributed by atoms with van der Waals surface area (Å²) in [5, 5.41) is 0. The first-order valence-corrected chi connectivity index (χ1v) is 7.74. The van der Waals surface area contributed by atoms with E-state index >= 15 is 0 Å². The maximum absolute atomic E-state index is 5.96.